The van der Waals surface area contributed by atoms with Crippen molar-refractivity contribution in [3.05, 3.63) is 23.8 Å². The van der Waals surface area contributed by atoms with E-state index in [1.165, 1.54) is 0 Å². The molecular weight excluding hydrogens is 164 g/mol. The van der Waals surface area contributed by atoms with E-state index in [1.54, 1.807) is 7.11 Å². The molecule has 1 aromatic rings. The van der Waals surface area contributed by atoms with Gasteiger partial charge in [-0.15, -0.1) is 0 Å². The number of nitrogen functional groups attached to an aromatic ring is 1. The fraction of sp³-hybridized carbons (Fsp3) is 0.400. The van der Waals surface area contributed by atoms with Crippen molar-refractivity contribution in [2.24, 2.45) is 0 Å². The maximum Gasteiger partial charge on any atom is 0.120 e. The molecule has 0 heterocycles. The number of rotatable bonds is 3. The minimum atomic E-state index is 0.269. The Balaban J connectivity index is 2.98. The molecule has 0 amide bonds. The molecule has 0 spiro atoms. The van der Waals surface area contributed by atoms with Crippen LogP contribution in [-0.2, 0) is 0 Å². The topological polar surface area (TPSA) is 47.3 Å². The summed E-state index contributed by atoms with van der Waals surface area (Å²) in [4.78, 5) is 0. The molecule has 13 heavy (non-hydrogen) atoms. The second-order valence-electron chi connectivity index (χ2n) is 3.01. The number of hydrogen-bond acceptors (Lipinski definition) is 3. The minimum absolute atomic E-state index is 0.269. The van der Waals surface area contributed by atoms with Gasteiger partial charge in [0, 0.05) is 17.8 Å². The lowest BCUT2D eigenvalue weighted by Gasteiger charge is -2.13. The van der Waals surface area contributed by atoms with Gasteiger partial charge < -0.3 is 15.8 Å². The number of methoxy groups -OCH3 is 1. The Morgan fingerprint density at radius 3 is 2.62 bits per heavy atom. The van der Waals surface area contributed by atoms with Crippen LogP contribution in [0, 0.1) is 0 Å². The normalized spacial score (nSPS) is 12.5. The first-order valence-corrected chi connectivity index (χ1v) is 4.29. The molecule has 72 valence electrons. The smallest absolute Gasteiger partial charge is 0.120 e. The van der Waals surface area contributed by atoms with Crippen molar-refractivity contribution >= 4 is 5.69 Å². The SMILES string of the molecule is CNC(C)c1ccc(OC)cc1N. The number of hydrogen-bond donors (Lipinski definition) is 2. The highest BCUT2D eigenvalue weighted by Crippen LogP contribution is 2.24. The summed E-state index contributed by atoms with van der Waals surface area (Å²) in [5.41, 5.74) is 7.72. The van der Waals surface area contributed by atoms with Crippen LogP contribution in [0.1, 0.15) is 18.5 Å². The van der Waals surface area contributed by atoms with Gasteiger partial charge in [-0.1, -0.05) is 6.07 Å². The van der Waals surface area contributed by atoms with E-state index in [0.29, 0.717) is 0 Å². The van der Waals surface area contributed by atoms with E-state index < -0.39 is 0 Å². The van der Waals surface area contributed by atoms with Crippen LogP contribution in [0.3, 0.4) is 0 Å². The van der Waals surface area contributed by atoms with Gasteiger partial charge in [-0.2, -0.15) is 0 Å². The van der Waals surface area contributed by atoms with Gasteiger partial charge >= 0.3 is 0 Å². The summed E-state index contributed by atoms with van der Waals surface area (Å²) in [5, 5.41) is 3.14. The van der Waals surface area contributed by atoms with Crippen molar-refractivity contribution < 1.29 is 4.74 Å². The average Bonchev–Trinajstić information content (AvgIpc) is 2.16. The van der Waals surface area contributed by atoms with Crippen molar-refractivity contribution in [2.45, 2.75) is 13.0 Å². The van der Waals surface area contributed by atoms with Crippen LogP contribution in [0.25, 0.3) is 0 Å². The van der Waals surface area contributed by atoms with Gasteiger partial charge in [0.1, 0.15) is 5.75 Å². The maximum atomic E-state index is 5.85. The second kappa shape index (κ2) is 4.14. The number of nitrogens with two attached hydrogens (primary N) is 1. The van der Waals surface area contributed by atoms with E-state index in [0.717, 1.165) is 17.0 Å². The van der Waals surface area contributed by atoms with Gasteiger partial charge in [-0.05, 0) is 25.6 Å². The van der Waals surface area contributed by atoms with Crippen molar-refractivity contribution in [2.75, 3.05) is 19.9 Å². The first kappa shape index (κ1) is 9.86. The molecule has 3 heteroatoms. The lowest BCUT2D eigenvalue weighted by molar-refractivity contribution is 0.414. The Hall–Kier alpha value is -1.22. The van der Waals surface area contributed by atoms with Crippen molar-refractivity contribution in [1.82, 2.24) is 5.32 Å². The highest BCUT2D eigenvalue weighted by molar-refractivity contribution is 5.52. The van der Waals surface area contributed by atoms with Crippen LogP contribution in [0.2, 0.25) is 0 Å². The van der Waals surface area contributed by atoms with E-state index in [-0.39, 0.29) is 6.04 Å². The highest BCUT2D eigenvalue weighted by Gasteiger charge is 2.06. The van der Waals surface area contributed by atoms with Gasteiger partial charge in [-0.3, -0.25) is 0 Å². The molecule has 1 rings (SSSR count). The third-order valence-corrected chi connectivity index (χ3v) is 2.19. The molecule has 0 saturated heterocycles. The molecule has 0 aliphatic carbocycles. The number of ether oxygens (including phenoxy) is 1. The van der Waals surface area contributed by atoms with Crippen LogP contribution < -0.4 is 15.8 Å². The third-order valence-electron chi connectivity index (χ3n) is 2.19. The van der Waals surface area contributed by atoms with Gasteiger partial charge in [-0.25, -0.2) is 0 Å². The van der Waals surface area contributed by atoms with Crippen LogP contribution in [0.15, 0.2) is 18.2 Å². The molecule has 0 bridgehead atoms. The quantitative estimate of drug-likeness (QED) is 0.694. The molecule has 0 fully saturated rings. The van der Waals surface area contributed by atoms with Gasteiger partial charge in [0.15, 0.2) is 0 Å². The predicted molar refractivity (Wildman–Crippen MR) is 54.9 cm³/mol. The van der Waals surface area contributed by atoms with Crippen LogP contribution in [0.5, 0.6) is 5.75 Å². The summed E-state index contributed by atoms with van der Waals surface area (Å²) in [7, 11) is 3.55. The molecule has 0 aromatic heterocycles. The van der Waals surface area contributed by atoms with Gasteiger partial charge in [0.05, 0.1) is 7.11 Å². The molecule has 0 aliphatic heterocycles. The van der Waals surface area contributed by atoms with Crippen LogP contribution in [0.4, 0.5) is 5.69 Å². The molecule has 1 unspecified atom stereocenters. The van der Waals surface area contributed by atoms with E-state index >= 15 is 0 Å². The lowest BCUT2D eigenvalue weighted by Crippen LogP contribution is -2.14. The predicted octanol–water partition coefficient (Wildman–Crippen LogP) is 1.56. The molecular formula is C10H16N2O. The van der Waals surface area contributed by atoms with Crippen LogP contribution >= 0.6 is 0 Å². The Kier molecular flexibility index (Phi) is 3.14. The highest BCUT2D eigenvalue weighted by atomic mass is 16.5. The fourth-order valence-electron chi connectivity index (χ4n) is 1.23. The molecule has 1 aromatic carbocycles. The minimum Gasteiger partial charge on any atom is -0.497 e. The monoisotopic (exact) mass is 180 g/mol. The van der Waals surface area contributed by atoms with Crippen LogP contribution in [-0.4, -0.2) is 14.2 Å². The molecule has 0 aliphatic rings. The number of anilines is 1. The van der Waals surface area contributed by atoms with Gasteiger partial charge in [0.2, 0.25) is 0 Å². The maximum absolute atomic E-state index is 5.85. The van der Waals surface area contributed by atoms with E-state index in [9.17, 15) is 0 Å². The molecule has 3 nitrogen and oxygen atoms in total. The fourth-order valence-corrected chi connectivity index (χ4v) is 1.23. The zero-order chi connectivity index (χ0) is 9.84. The summed E-state index contributed by atoms with van der Waals surface area (Å²) < 4.78 is 5.06. The first-order valence-electron chi connectivity index (χ1n) is 4.29. The van der Waals surface area contributed by atoms with Crippen molar-refractivity contribution in [1.29, 1.82) is 0 Å². The molecule has 1 atom stereocenters. The third kappa shape index (κ3) is 2.12. The Bertz CT molecular complexity index is 286. The zero-order valence-corrected chi connectivity index (χ0v) is 8.29. The Labute approximate surface area is 78.9 Å². The lowest BCUT2D eigenvalue weighted by atomic mass is 10.1. The zero-order valence-electron chi connectivity index (χ0n) is 8.29. The first-order chi connectivity index (χ1) is 6.19. The number of benzene rings is 1. The van der Waals surface area contributed by atoms with E-state index in [4.69, 9.17) is 10.5 Å². The summed E-state index contributed by atoms with van der Waals surface area (Å²) in [5.74, 6) is 0.796. The second-order valence-corrected chi connectivity index (χ2v) is 3.01. The Morgan fingerprint density at radius 2 is 2.15 bits per heavy atom. The van der Waals surface area contributed by atoms with E-state index in [1.807, 2.05) is 25.2 Å². The van der Waals surface area contributed by atoms with Gasteiger partial charge in [0.25, 0.3) is 0 Å². The summed E-state index contributed by atoms with van der Waals surface area (Å²) in [6, 6.07) is 6.00. The van der Waals surface area contributed by atoms with Crippen molar-refractivity contribution in [3.8, 4) is 5.75 Å². The summed E-state index contributed by atoms with van der Waals surface area (Å²) in [6.07, 6.45) is 0. The molecule has 3 N–H and O–H groups in total. The van der Waals surface area contributed by atoms with Crippen molar-refractivity contribution in [3.63, 3.8) is 0 Å². The number of nitrogens with one attached hydrogen (secondary N) is 1. The molecule has 0 saturated carbocycles. The standard InChI is InChI=1S/C10H16N2O/c1-7(12-2)9-5-4-8(13-3)6-10(9)11/h4-7,12H,11H2,1-3H3. The van der Waals surface area contributed by atoms with E-state index in [2.05, 4.69) is 12.2 Å². The summed E-state index contributed by atoms with van der Waals surface area (Å²) >= 11 is 0. The molecule has 0 radical (unpaired) electrons. The largest absolute Gasteiger partial charge is 0.497 e. The summed E-state index contributed by atoms with van der Waals surface area (Å²) in [6.45, 7) is 2.07. The average molecular weight is 180 g/mol. The Morgan fingerprint density at radius 1 is 1.46 bits per heavy atom.